The Balaban J connectivity index is 1.43. The van der Waals surface area contributed by atoms with Gasteiger partial charge in [-0.25, -0.2) is 19.6 Å². The fourth-order valence-electron chi connectivity index (χ4n) is 3.96. The molecule has 1 fully saturated rings. The Morgan fingerprint density at radius 1 is 1.06 bits per heavy atom. The van der Waals surface area contributed by atoms with Crippen molar-refractivity contribution in [2.45, 2.75) is 6.42 Å². The van der Waals surface area contributed by atoms with Gasteiger partial charge in [0, 0.05) is 43.5 Å². The van der Waals surface area contributed by atoms with Gasteiger partial charge in [0.2, 0.25) is 0 Å². The molecule has 0 radical (unpaired) electrons. The van der Waals surface area contributed by atoms with Gasteiger partial charge in [-0.3, -0.25) is 10.1 Å². The van der Waals surface area contributed by atoms with Crippen LogP contribution in [0.25, 0.3) is 33.2 Å². The van der Waals surface area contributed by atoms with E-state index < -0.39 is 0 Å². The molecule has 1 aromatic carbocycles. The highest BCUT2D eigenvalue weighted by molar-refractivity contribution is 6.00. The largest absolute Gasteiger partial charge is 0.383 e. The maximum absolute atomic E-state index is 6.20. The van der Waals surface area contributed by atoms with Crippen molar-refractivity contribution in [3.05, 3.63) is 55.1 Å². The van der Waals surface area contributed by atoms with E-state index in [2.05, 4.69) is 49.7 Å². The van der Waals surface area contributed by atoms with Crippen molar-refractivity contribution >= 4 is 39.3 Å². The van der Waals surface area contributed by atoms with Gasteiger partial charge in [0.1, 0.15) is 18.0 Å². The number of aromatic nitrogens is 6. The maximum atomic E-state index is 6.20. The van der Waals surface area contributed by atoms with Crippen LogP contribution >= 0.6 is 0 Å². The van der Waals surface area contributed by atoms with Crippen LogP contribution in [-0.2, 0) is 7.05 Å². The highest BCUT2D eigenvalue weighted by Gasteiger charge is 2.18. The first-order chi connectivity index (χ1) is 15.2. The summed E-state index contributed by atoms with van der Waals surface area (Å²) >= 11 is 0. The second-order valence-electron chi connectivity index (χ2n) is 7.77. The van der Waals surface area contributed by atoms with Gasteiger partial charge in [-0.05, 0) is 36.8 Å². The predicted molar refractivity (Wildman–Crippen MR) is 122 cm³/mol. The number of aryl methyl sites for hydroxylation is 1. The lowest BCUT2D eigenvalue weighted by molar-refractivity contribution is 0.611. The SMILES string of the molecule is Cn1ccc(-c2cn(Nc3ccc4ccc(N5CCC5)nc4c3)c3ncnc(N)c23)n1. The summed E-state index contributed by atoms with van der Waals surface area (Å²) in [4.78, 5) is 15.8. The molecule has 3 N–H and O–H groups in total. The summed E-state index contributed by atoms with van der Waals surface area (Å²) in [5.41, 5.74) is 13.9. The summed E-state index contributed by atoms with van der Waals surface area (Å²) in [6.45, 7) is 2.15. The zero-order valence-corrected chi connectivity index (χ0v) is 17.0. The van der Waals surface area contributed by atoms with Gasteiger partial charge in [-0.2, -0.15) is 5.10 Å². The van der Waals surface area contributed by atoms with E-state index in [0.717, 1.165) is 52.1 Å². The van der Waals surface area contributed by atoms with Crippen molar-refractivity contribution in [1.82, 2.24) is 29.4 Å². The molecule has 5 heterocycles. The van der Waals surface area contributed by atoms with Crippen LogP contribution in [0.15, 0.2) is 55.1 Å². The zero-order chi connectivity index (χ0) is 20.9. The van der Waals surface area contributed by atoms with Crippen LogP contribution in [0, 0.1) is 0 Å². The summed E-state index contributed by atoms with van der Waals surface area (Å²) in [6, 6.07) is 12.3. The molecule has 0 amide bonds. The van der Waals surface area contributed by atoms with E-state index in [1.165, 1.54) is 12.7 Å². The number of hydrogen-bond donors (Lipinski definition) is 2. The van der Waals surface area contributed by atoms with Crippen molar-refractivity contribution in [3.8, 4) is 11.3 Å². The Kier molecular flexibility index (Phi) is 3.82. The molecule has 0 aliphatic carbocycles. The molecule has 5 aromatic rings. The van der Waals surface area contributed by atoms with Gasteiger partial charge >= 0.3 is 0 Å². The summed E-state index contributed by atoms with van der Waals surface area (Å²) < 4.78 is 3.62. The van der Waals surface area contributed by atoms with E-state index in [4.69, 9.17) is 10.7 Å². The van der Waals surface area contributed by atoms with Crippen molar-refractivity contribution in [1.29, 1.82) is 0 Å². The summed E-state index contributed by atoms with van der Waals surface area (Å²) in [6.07, 6.45) is 6.55. The van der Waals surface area contributed by atoms with E-state index in [1.807, 2.05) is 36.3 Å². The lowest BCUT2D eigenvalue weighted by Crippen LogP contribution is -2.37. The average Bonchev–Trinajstić information content (AvgIpc) is 3.31. The number of nitrogens with two attached hydrogens (primary N) is 1. The highest BCUT2D eigenvalue weighted by Crippen LogP contribution is 2.32. The molecule has 4 aromatic heterocycles. The Hall–Kier alpha value is -4.14. The van der Waals surface area contributed by atoms with E-state index in [9.17, 15) is 0 Å². The van der Waals surface area contributed by atoms with Crippen molar-refractivity contribution in [3.63, 3.8) is 0 Å². The molecule has 1 aliphatic heterocycles. The standard InChI is InChI=1S/C22H21N9/c1-29-10-7-17(28-29)16-12-31(22-20(16)21(23)24-13-25-22)27-15-5-3-14-4-6-19(26-18(14)11-15)30-8-2-9-30/h3-7,10-13,27H,2,8-9H2,1H3,(H2,23,24,25). The van der Waals surface area contributed by atoms with Crippen LogP contribution in [-0.4, -0.2) is 42.5 Å². The number of hydrogen-bond acceptors (Lipinski definition) is 7. The van der Waals surface area contributed by atoms with Gasteiger partial charge < -0.3 is 10.6 Å². The Bertz CT molecular complexity index is 1430. The number of nitrogens with zero attached hydrogens (tertiary/aromatic N) is 7. The summed E-state index contributed by atoms with van der Waals surface area (Å²) in [5, 5.41) is 6.40. The summed E-state index contributed by atoms with van der Waals surface area (Å²) in [7, 11) is 1.89. The topological polar surface area (TPSA) is 103 Å². The molecule has 9 heteroatoms. The molecule has 0 spiro atoms. The molecule has 9 nitrogen and oxygen atoms in total. The van der Waals surface area contributed by atoms with Crippen LogP contribution in [0.1, 0.15) is 6.42 Å². The number of fused-ring (bicyclic) bond motifs is 2. The number of pyridine rings is 1. The van der Waals surface area contributed by atoms with Gasteiger partial charge in [0.25, 0.3) is 0 Å². The maximum Gasteiger partial charge on any atom is 0.164 e. The van der Waals surface area contributed by atoms with Crippen LogP contribution in [0.3, 0.4) is 0 Å². The van der Waals surface area contributed by atoms with Crippen molar-refractivity contribution in [2.75, 3.05) is 29.1 Å². The molecule has 31 heavy (non-hydrogen) atoms. The third kappa shape index (κ3) is 2.93. The molecule has 0 atom stereocenters. The normalized spacial score (nSPS) is 13.6. The molecular weight excluding hydrogens is 390 g/mol. The lowest BCUT2D eigenvalue weighted by atomic mass is 10.1. The van der Waals surface area contributed by atoms with Crippen LogP contribution in [0.4, 0.5) is 17.3 Å². The first kappa shape index (κ1) is 17.7. The second kappa shape index (κ2) is 6.69. The van der Waals surface area contributed by atoms with Crippen molar-refractivity contribution in [2.24, 2.45) is 7.05 Å². The minimum atomic E-state index is 0.422. The predicted octanol–water partition coefficient (Wildman–Crippen LogP) is 3.05. The Labute approximate surface area is 178 Å². The summed E-state index contributed by atoms with van der Waals surface area (Å²) in [5.74, 6) is 1.45. The third-order valence-corrected chi connectivity index (χ3v) is 5.71. The van der Waals surface area contributed by atoms with Gasteiger partial charge in [-0.1, -0.05) is 6.07 Å². The third-order valence-electron chi connectivity index (χ3n) is 5.71. The van der Waals surface area contributed by atoms with Gasteiger partial charge in [0.15, 0.2) is 5.65 Å². The molecule has 1 aliphatic rings. The second-order valence-corrected chi connectivity index (χ2v) is 7.77. The van der Waals surface area contributed by atoms with Crippen LogP contribution in [0.5, 0.6) is 0 Å². The average molecular weight is 411 g/mol. The molecule has 0 bridgehead atoms. The fraction of sp³-hybridized carbons (Fsp3) is 0.182. The monoisotopic (exact) mass is 411 g/mol. The first-order valence-corrected chi connectivity index (χ1v) is 10.2. The smallest absolute Gasteiger partial charge is 0.164 e. The van der Waals surface area contributed by atoms with Crippen LogP contribution < -0.4 is 16.1 Å². The van der Waals surface area contributed by atoms with Gasteiger partial charge in [-0.15, -0.1) is 0 Å². The molecule has 0 saturated carbocycles. The van der Waals surface area contributed by atoms with E-state index in [-0.39, 0.29) is 0 Å². The van der Waals surface area contributed by atoms with E-state index in [1.54, 1.807) is 4.68 Å². The molecule has 0 unspecified atom stereocenters. The zero-order valence-electron chi connectivity index (χ0n) is 17.0. The van der Waals surface area contributed by atoms with E-state index >= 15 is 0 Å². The van der Waals surface area contributed by atoms with E-state index in [0.29, 0.717) is 11.5 Å². The minimum Gasteiger partial charge on any atom is -0.383 e. The molecular formula is C22H21N9. The highest BCUT2D eigenvalue weighted by atomic mass is 15.4. The number of benzene rings is 1. The first-order valence-electron chi connectivity index (χ1n) is 10.2. The Morgan fingerprint density at radius 3 is 2.71 bits per heavy atom. The number of rotatable bonds is 4. The fourth-order valence-corrected chi connectivity index (χ4v) is 3.96. The number of nitrogen functional groups attached to an aromatic ring is 1. The Morgan fingerprint density at radius 2 is 1.94 bits per heavy atom. The van der Waals surface area contributed by atoms with Gasteiger partial charge in [0.05, 0.1) is 22.3 Å². The number of nitrogens with one attached hydrogen (secondary N) is 1. The lowest BCUT2D eigenvalue weighted by Gasteiger charge is -2.32. The molecule has 6 rings (SSSR count). The molecule has 1 saturated heterocycles. The molecule has 154 valence electrons. The van der Waals surface area contributed by atoms with Crippen molar-refractivity contribution < 1.29 is 0 Å². The minimum absolute atomic E-state index is 0.422. The number of anilines is 3. The van der Waals surface area contributed by atoms with Crippen LogP contribution in [0.2, 0.25) is 0 Å². The quantitative estimate of drug-likeness (QED) is 0.468.